The van der Waals surface area contributed by atoms with Crippen LogP contribution >= 0.6 is 0 Å². The number of nitrogens with one attached hydrogen (secondary N) is 3. The average Bonchev–Trinajstić information content (AvgIpc) is 3.15. The Kier molecular flexibility index (Phi) is 7.44. The van der Waals surface area contributed by atoms with Gasteiger partial charge in [0.25, 0.3) is 0 Å². The molecule has 5 aliphatic rings. The van der Waals surface area contributed by atoms with E-state index in [2.05, 4.69) is 28.0 Å². The van der Waals surface area contributed by atoms with Gasteiger partial charge < -0.3 is 19.5 Å². The Morgan fingerprint density at radius 1 is 1.03 bits per heavy atom. The lowest BCUT2D eigenvalue weighted by molar-refractivity contribution is -0.135. The van der Waals surface area contributed by atoms with Crippen LogP contribution in [0.1, 0.15) is 51.9 Å². The SMILES string of the molecule is C[C@@H]1CCNCOCC2CNCC(C2)C2NN(C3CCCCO3)C3CC(F)C(CC23)O1. The summed E-state index contributed by atoms with van der Waals surface area (Å²) in [5.41, 5.74) is 3.86. The predicted octanol–water partition coefficient (Wildman–Crippen LogP) is 1.79. The number of hydrazine groups is 1. The molecule has 8 unspecified atom stereocenters. The molecule has 5 rings (SSSR count). The van der Waals surface area contributed by atoms with Crippen molar-refractivity contribution in [2.45, 2.75) is 88.6 Å². The largest absolute Gasteiger partial charge is 0.372 e. The molecule has 7 nitrogen and oxygen atoms in total. The van der Waals surface area contributed by atoms with E-state index in [1.807, 2.05) is 0 Å². The van der Waals surface area contributed by atoms with Gasteiger partial charge in [-0.25, -0.2) is 14.8 Å². The Morgan fingerprint density at radius 3 is 2.84 bits per heavy atom. The first kappa shape index (κ1) is 22.4. The molecule has 0 aromatic heterocycles. The predicted molar refractivity (Wildman–Crippen MR) is 116 cm³/mol. The number of piperidine rings is 1. The summed E-state index contributed by atoms with van der Waals surface area (Å²) in [6.45, 7) is 7.10. The summed E-state index contributed by atoms with van der Waals surface area (Å²) < 4.78 is 33.7. The molecule has 8 heteroatoms. The minimum absolute atomic E-state index is 0.0453. The minimum Gasteiger partial charge on any atom is -0.372 e. The highest BCUT2D eigenvalue weighted by Gasteiger charge is 2.53. The summed E-state index contributed by atoms with van der Waals surface area (Å²) in [7, 11) is 0. The van der Waals surface area contributed by atoms with Crippen molar-refractivity contribution in [1.29, 1.82) is 0 Å². The van der Waals surface area contributed by atoms with Crippen LogP contribution in [0.25, 0.3) is 0 Å². The minimum atomic E-state index is -0.917. The number of rotatable bonds is 1. The molecule has 3 N–H and O–H groups in total. The van der Waals surface area contributed by atoms with Gasteiger partial charge in [0.05, 0.1) is 25.5 Å². The maximum atomic E-state index is 15.3. The van der Waals surface area contributed by atoms with Crippen molar-refractivity contribution >= 4 is 0 Å². The lowest BCUT2D eigenvalue weighted by atomic mass is 9.72. The normalized spacial score (nSPS) is 48.0. The fourth-order valence-electron chi connectivity index (χ4n) is 6.55. The highest BCUT2D eigenvalue weighted by atomic mass is 19.1. The molecule has 0 amide bonds. The van der Waals surface area contributed by atoms with E-state index < -0.39 is 6.17 Å². The van der Waals surface area contributed by atoms with E-state index in [1.54, 1.807) is 0 Å². The quantitative estimate of drug-likeness (QED) is 0.574. The van der Waals surface area contributed by atoms with Gasteiger partial charge in [0.2, 0.25) is 0 Å². The van der Waals surface area contributed by atoms with E-state index in [9.17, 15) is 0 Å². The highest BCUT2D eigenvalue weighted by molar-refractivity contribution is 5.04. The van der Waals surface area contributed by atoms with Crippen LogP contribution in [0.4, 0.5) is 4.39 Å². The van der Waals surface area contributed by atoms with Gasteiger partial charge in [-0.05, 0) is 82.7 Å². The smallest absolute Gasteiger partial charge is 0.128 e. The van der Waals surface area contributed by atoms with Crippen molar-refractivity contribution in [2.24, 2.45) is 17.8 Å². The Labute approximate surface area is 186 Å². The monoisotopic (exact) mass is 440 g/mol. The van der Waals surface area contributed by atoms with Gasteiger partial charge in [-0.15, -0.1) is 0 Å². The number of hydrogen-bond donors (Lipinski definition) is 3. The second-order valence-electron chi connectivity index (χ2n) is 10.4. The van der Waals surface area contributed by atoms with Crippen LogP contribution < -0.4 is 16.1 Å². The number of fused-ring (bicyclic) bond motifs is 4. The Morgan fingerprint density at radius 2 is 1.97 bits per heavy atom. The third-order valence-electron chi connectivity index (χ3n) is 8.13. The Balaban J connectivity index is 1.37. The molecule has 0 radical (unpaired) electrons. The highest BCUT2D eigenvalue weighted by Crippen LogP contribution is 2.43. The fraction of sp³-hybridized carbons (Fsp3) is 1.00. The molecule has 31 heavy (non-hydrogen) atoms. The van der Waals surface area contributed by atoms with Crippen molar-refractivity contribution in [1.82, 2.24) is 21.1 Å². The van der Waals surface area contributed by atoms with E-state index >= 15 is 4.39 Å². The maximum absolute atomic E-state index is 15.3. The molecule has 4 heterocycles. The fourth-order valence-corrected chi connectivity index (χ4v) is 6.55. The van der Waals surface area contributed by atoms with Gasteiger partial charge in [0.1, 0.15) is 12.4 Å². The molecule has 5 fully saturated rings. The summed E-state index contributed by atoms with van der Waals surface area (Å²) in [4.78, 5) is 0. The molecule has 4 saturated heterocycles. The zero-order valence-corrected chi connectivity index (χ0v) is 18.9. The van der Waals surface area contributed by atoms with Crippen LogP contribution in [-0.4, -0.2) is 81.3 Å². The second-order valence-corrected chi connectivity index (χ2v) is 10.4. The molecule has 0 spiro atoms. The number of hydrogen-bond acceptors (Lipinski definition) is 7. The summed E-state index contributed by atoms with van der Waals surface area (Å²) in [5.74, 6) is 1.43. The molecule has 1 aliphatic carbocycles. The zero-order chi connectivity index (χ0) is 21.2. The first-order valence-electron chi connectivity index (χ1n) is 12.6. The zero-order valence-electron chi connectivity index (χ0n) is 18.9. The van der Waals surface area contributed by atoms with Gasteiger partial charge in [0, 0.05) is 25.2 Å². The van der Waals surface area contributed by atoms with E-state index in [1.165, 1.54) is 6.42 Å². The van der Waals surface area contributed by atoms with E-state index in [0.29, 0.717) is 36.9 Å². The van der Waals surface area contributed by atoms with Crippen LogP contribution in [0.5, 0.6) is 0 Å². The van der Waals surface area contributed by atoms with Crippen molar-refractivity contribution < 1.29 is 18.6 Å². The van der Waals surface area contributed by atoms with Crippen LogP contribution in [-0.2, 0) is 14.2 Å². The van der Waals surface area contributed by atoms with Crippen LogP contribution in [0.15, 0.2) is 0 Å². The second kappa shape index (κ2) is 10.3. The molecule has 4 aliphatic heterocycles. The molecule has 0 aromatic rings. The van der Waals surface area contributed by atoms with Crippen LogP contribution in [0, 0.1) is 17.8 Å². The maximum Gasteiger partial charge on any atom is 0.128 e. The van der Waals surface area contributed by atoms with Crippen LogP contribution in [0.2, 0.25) is 0 Å². The van der Waals surface area contributed by atoms with Gasteiger partial charge in [-0.3, -0.25) is 5.32 Å². The van der Waals surface area contributed by atoms with Crippen molar-refractivity contribution in [2.75, 3.05) is 39.6 Å². The summed E-state index contributed by atoms with van der Waals surface area (Å²) in [5, 5.41) is 9.31. The lowest BCUT2D eigenvalue weighted by Gasteiger charge is -2.42. The van der Waals surface area contributed by atoms with Crippen LogP contribution in [0.3, 0.4) is 0 Å². The molecule has 0 aromatic carbocycles. The molecule has 178 valence electrons. The van der Waals surface area contributed by atoms with Gasteiger partial charge in [-0.2, -0.15) is 0 Å². The summed E-state index contributed by atoms with van der Waals surface area (Å²) in [6.07, 6.45) is 5.59. The first-order valence-corrected chi connectivity index (χ1v) is 12.6. The number of alkyl halides is 1. The van der Waals surface area contributed by atoms with Gasteiger partial charge >= 0.3 is 0 Å². The third kappa shape index (κ3) is 5.10. The topological polar surface area (TPSA) is 67.0 Å². The summed E-state index contributed by atoms with van der Waals surface area (Å²) in [6, 6.07) is 0.523. The van der Waals surface area contributed by atoms with Gasteiger partial charge in [-0.1, -0.05) is 0 Å². The number of nitrogens with zero attached hydrogens (tertiary/aromatic N) is 1. The number of halogens is 1. The summed E-state index contributed by atoms with van der Waals surface area (Å²) >= 11 is 0. The Hall–Kier alpha value is -0.350. The standard InChI is InChI=1S/C23H41FN4O3/c1-15-5-6-25-14-29-13-16-8-17(12-26-11-16)23-18-9-21(31-15)19(24)10-20(18)28(27-23)22-4-2-3-7-30-22/h15-23,25-27H,2-14H2,1H3/t15-,16?,17?,18?,19?,20?,21?,22?,23?/m1/s1. The van der Waals surface area contributed by atoms with Crippen molar-refractivity contribution in [3.63, 3.8) is 0 Å². The van der Waals surface area contributed by atoms with E-state index in [4.69, 9.17) is 14.2 Å². The first-order chi connectivity index (χ1) is 15.2. The average molecular weight is 441 g/mol. The molecule has 1 saturated carbocycles. The Bertz CT molecular complexity index is 581. The molecular formula is C23H41FN4O3. The molecular weight excluding hydrogens is 399 g/mol. The van der Waals surface area contributed by atoms with E-state index in [-0.39, 0.29) is 24.5 Å². The van der Waals surface area contributed by atoms with Crippen molar-refractivity contribution in [3.8, 4) is 0 Å². The van der Waals surface area contributed by atoms with E-state index in [0.717, 1.165) is 65.0 Å². The molecule has 9 atom stereocenters. The van der Waals surface area contributed by atoms with Gasteiger partial charge in [0.15, 0.2) is 0 Å². The molecule has 4 bridgehead atoms. The third-order valence-corrected chi connectivity index (χ3v) is 8.13. The van der Waals surface area contributed by atoms with Crippen molar-refractivity contribution in [3.05, 3.63) is 0 Å². The number of ether oxygens (including phenoxy) is 3. The lowest BCUT2D eigenvalue weighted by Crippen LogP contribution is -2.52.